The lowest BCUT2D eigenvalue weighted by atomic mass is 10.0. The van der Waals surface area contributed by atoms with E-state index < -0.39 is 0 Å². The Morgan fingerprint density at radius 3 is 2.48 bits per heavy atom. The molecule has 0 aliphatic carbocycles. The molecular weight excluding hydrogens is 336 g/mol. The van der Waals surface area contributed by atoms with Gasteiger partial charge in [0.2, 0.25) is 0 Å². The third kappa shape index (κ3) is 4.70. The Bertz CT molecular complexity index is 966. The third-order valence-electron chi connectivity index (χ3n) is 4.19. The molecule has 0 aliphatic heterocycles. The summed E-state index contributed by atoms with van der Waals surface area (Å²) in [6.45, 7) is 8.01. The second-order valence-corrected chi connectivity index (χ2v) is 6.88. The first kappa shape index (κ1) is 18.6. The van der Waals surface area contributed by atoms with Crippen LogP contribution in [0.15, 0.2) is 54.6 Å². The van der Waals surface area contributed by atoms with Crippen LogP contribution in [0.5, 0.6) is 0 Å². The number of nitrogens with zero attached hydrogens (tertiary/aromatic N) is 2. The number of nitrogens with one attached hydrogen (secondary N) is 2. The summed E-state index contributed by atoms with van der Waals surface area (Å²) < 4.78 is 0. The van der Waals surface area contributed by atoms with E-state index in [2.05, 4.69) is 34.4 Å². The summed E-state index contributed by atoms with van der Waals surface area (Å²) in [4.78, 5) is 21.5. The quantitative estimate of drug-likeness (QED) is 0.655. The average Bonchev–Trinajstić information content (AvgIpc) is 2.61. The summed E-state index contributed by atoms with van der Waals surface area (Å²) in [6.07, 6.45) is 0. The van der Waals surface area contributed by atoms with E-state index in [1.807, 2.05) is 55.5 Å². The standard InChI is InChI=1S/C22H24N4O/c1-14(2)18-10-5-6-11-19(18)26-22(27)20-13-21(24-16(4)23-20)25-17-9-7-8-15(3)12-17/h5-14H,1-4H3,(H,26,27)(H,23,24,25). The topological polar surface area (TPSA) is 66.9 Å². The van der Waals surface area contributed by atoms with Crippen LogP contribution in [-0.4, -0.2) is 15.9 Å². The van der Waals surface area contributed by atoms with Gasteiger partial charge in [-0.2, -0.15) is 0 Å². The summed E-state index contributed by atoms with van der Waals surface area (Å²) in [7, 11) is 0. The van der Waals surface area contributed by atoms with Gasteiger partial charge in [0.1, 0.15) is 17.3 Å². The second kappa shape index (κ2) is 7.99. The molecule has 0 atom stereocenters. The van der Waals surface area contributed by atoms with Crippen molar-refractivity contribution in [2.75, 3.05) is 10.6 Å². The number of amides is 1. The van der Waals surface area contributed by atoms with Gasteiger partial charge in [0, 0.05) is 17.4 Å². The Hall–Kier alpha value is -3.21. The summed E-state index contributed by atoms with van der Waals surface area (Å²) >= 11 is 0. The first-order valence-electron chi connectivity index (χ1n) is 9.02. The maximum absolute atomic E-state index is 12.8. The van der Waals surface area contributed by atoms with Crippen LogP contribution in [-0.2, 0) is 0 Å². The predicted octanol–water partition coefficient (Wildman–Crippen LogP) is 5.21. The van der Waals surface area contributed by atoms with E-state index in [-0.39, 0.29) is 5.91 Å². The third-order valence-corrected chi connectivity index (χ3v) is 4.19. The van der Waals surface area contributed by atoms with Crippen LogP contribution in [0.2, 0.25) is 0 Å². The van der Waals surface area contributed by atoms with Gasteiger partial charge in [0.15, 0.2) is 0 Å². The van der Waals surface area contributed by atoms with Gasteiger partial charge in [-0.3, -0.25) is 4.79 Å². The predicted molar refractivity (Wildman–Crippen MR) is 110 cm³/mol. The molecule has 0 saturated heterocycles. The lowest BCUT2D eigenvalue weighted by Gasteiger charge is -2.14. The maximum Gasteiger partial charge on any atom is 0.274 e. The molecule has 0 fully saturated rings. The highest BCUT2D eigenvalue weighted by Crippen LogP contribution is 2.24. The summed E-state index contributed by atoms with van der Waals surface area (Å²) in [5.41, 5.74) is 4.30. The van der Waals surface area contributed by atoms with Crippen LogP contribution in [0.25, 0.3) is 0 Å². The molecule has 0 spiro atoms. The van der Waals surface area contributed by atoms with Crippen LogP contribution in [0.3, 0.4) is 0 Å². The highest BCUT2D eigenvalue weighted by atomic mass is 16.1. The number of carbonyl (C=O) groups excluding carboxylic acids is 1. The smallest absolute Gasteiger partial charge is 0.274 e. The van der Waals surface area contributed by atoms with Crippen molar-refractivity contribution < 1.29 is 4.79 Å². The van der Waals surface area contributed by atoms with Gasteiger partial charge in [-0.05, 0) is 49.1 Å². The zero-order valence-electron chi connectivity index (χ0n) is 16.1. The number of hydrogen-bond acceptors (Lipinski definition) is 4. The molecule has 3 rings (SSSR count). The number of carbonyl (C=O) groups is 1. The van der Waals surface area contributed by atoms with Gasteiger partial charge >= 0.3 is 0 Å². The number of aromatic nitrogens is 2. The van der Waals surface area contributed by atoms with Crippen molar-refractivity contribution in [3.05, 3.63) is 77.2 Å². The van der Waals surface area contributed by atoms with Crippen molar-refractivity contribution in [2.24, 2.45) is 0 Å². The molecule has 1 aromatic heterocycles. The van der Waals surface area contributed by atoms with Gasteiger partial charge in [0.05, 0.1) is 0 Å². The molecule has 5 heteroatoms. The Balaban J connectivity index is 1.84. The molecule has 0 bridgehead atoms. The summed E-state index contributed by atoms with van der Waals surface area (Å²) in [5.74, 6) is 1.19. The second-order valence-electron chi connectivity index (χ2n) is 6.88. The van der Waals surface area contributed by atoms with E-state index in [0.717, 1.165) is 22.5 Å². The van der Waals surface area contributed by atoms with E-state index in [1.165, 1.54) is 0 Å². The monoisotopic (exact) mass is 360 g/mol. The molecular formula is C22H24N4O. The number of para-hydroxylation sites is 1. The van der Waals surface area contributed by atoms with Gasteiger partial charge in [-0.15, -0.1) is 0 Å². The molecule has 0 saturated carbocycles. The first-order valence-corrected chi connectivity index (χ1v) is 9.02. The van der Waals surface area contributed by atoms with Crippen molar-refractivity contribution in [3.8, 4) is 0 Å². The fourth-order valence-corrected chi connectivity index (χ4v) is 2.92. The molecule has 2 aromatic carbocycles. The highest BCUT2D eigenvalue weighted by molar-refractivity contribution is 6.03. The number of benzene rings is 2. The summed E-state index contributed by atoms with van der Waals surface area (Å²) in [5, 5.41) is 6.22. The minimum atomic E-state index is -0.249. The molecule has 0 radical (unpaired) electrons. The minimum absolute atomic E-state index is 0.249. The lowest BCUT2D eigenvalue weighted by Crippen LogP contribution is -2.16. The van der Waals surface area contributed by atoms with Gasteiger partial charge in [-0.1, -0.05) is 44.2 Å². The molecule has 0 unspecified atom stereocenters. The van der Waals surface area contributed by atoms with Crippen molar-refractivity contribution >= 4 is 23.1 Å². The van der Waals surface area contributed by atoms with Gasteiger partial charge in [-0.25, -0.2) is 9.97 Å². The Kier molecular flexibility index (Phi) is 5.50. The van der Waals surface area contributed by atoms with Crippen LogP contribution in [0.4, 0.5) is 17.2 Å². The van der Waals surface area contributed by atoms with Crippen molar-refractivity contribution in [2.45, 2.75) is 33.6 Å². The summed E-state index contributed by atoms with van der Waals surface area (Å²) in [6, 6.07) is 17.5. The van der Waals surface area contributed by atoms with Gasteiger partial charge < -0.3 is 10.6 Å². The van der Waals surface area contributed by atoms with Crippen molar-refractivity contribution in [1.29, 1.82) is 0 Å². The molecule has 3 aromatic rings. The van der Waals surface area contributed by atoms with Crippen LogP contribution in [0, 0.1) is 13.8 Å². The molecule has 2 N–H and O–H groups in total. The zero-order chi connectivity index (χ0) is 19.4. The number of anilines is 3. The molecule has 27 heavy (non-hydrogen) atoms. The van der Waals surface area contributed by atoms with Gasteiger partial charge in [0.25, 0.3) is 5.91 Å². The Morgan fingerprint density at radius 2 is 1.74 bits per heavy atom. The molecule has 0 aliphatic rings. The molecule has 5 nitrogen and oxygen atoms in total. The fraction of sp³-hybridized carbons (Fsp3) is 0.227. The van der Waals surface area contributed by atoms with E-state index in [9.17, 15) is 4.79 Å². The SMILES string of the molecule is Cc1cccc(Nc2cc(C(=O)Nc3ccccc3C(C)C)nc(C)n2)c1. The van der Waals surface area contributed by atoms with Crippen LogP contribution < -0.4 is 10.6 Å². The average molecular weight is 360 g/mol. The van der Waals surface area contributed by atoms with Crippen LogP contribution >= 0.6 is 0 Å². The van der Waals surface area contributed by atoms with E-state index in [1.54, 1.807) is 13.0 Å². The van der Waals surface area contributed by atoms with Crippen molar-refractivity contribution in [1.82, 2.24) is 9.97 Å². The van der Waals surface area contributed by atoms with Crippen molar-refractivity contribution in [3.63, 3.8) is 0 Å². The van der Waals surface area contributed by atoms with E-state index in [4.69, 9.17) is 0 Å². The molecule has 138 valence electrons. The lowest BCUT2D eigenvalue weighted by molar-refractivity contribution is 0.102. The molecule has 1 amide bonds. The number of hydrogen-bond donors (Lipinski definition) is 2. The normalized spacial score (nSPS) is 10.7. The number of rotatable bonds is 5. The van der Waals surface area contributed by atoms with E-state index >= 15 is 0 Å². The Labute approximate surface area is 159 Å². The largest absolute Gasteiger partial charge is 0.340 e. The molecule has 1 heterocycles. The zero-order valence-corrected chi connectivity index (χ0v) is 16.1. The number of aryl methyl sites for hydroxylation is 2. The maximum atomic E-state index is 12.8. The van der Waals surface area contributed by atoms with Crippen LogP contribution in [0.1, 0.15) is 47.2 Å². The van der Waals surface area contributed by atoms with E-state index in [0.29, 0.717) is 23.3 Å². The first-order chi connectivity index (χ1) is 12.9. The Morgan fingerprint density at radius 1 is 0.963 bits per heavy atom. The fourth-order valence-electron chi connectivity index (χ4n) is 2.92. The minimum Gasteiger partial charge on any atom is -0.340 e. The highest BCUT2D eigenvalue weighted by Gasteiger charge is 2.14.